The lowest BCUT2D eigenvalue weighted by Gasteiger charge is -2.05. The zero-order valence-electron chi connectivity index (χ0n) is 9.27. The van der Waals surface area contributed by atoms with E-state index in [2.05, 4.69) is 5.10 Å². The molecule has 18 heavy (non-hydrogen) atoms. The highest BCUT2D eigenvalue weighted by Crippen LogP contribution is 2.15. The minimum absolute atomic E-state index is 0.231. The maximum atomic E-state index is 11.4. The summed E-state index contributed by atoms with van der Waals surface area (Å²) in [7, 11) is 0. The number of aromatic nitrogens is 3. The fourth-order valence-corrected chi connectivity index (χ4v) is 1.77. The second-order valence-electron chi connectivity index (χ2n) is 3.69. The van der Waals surface area contributed by atoms with Crippen LogP contribution in [0, 0.1) is 0 Å². The molecule has 0 bridgehead atoms. The topological polar surface area (TPSA) is 87.7 Å². The summed E-state index contributed by atoms with van der Waals surface area (Å²) in [6.45, 7) is 0.231. The van der Waals surface area contributed by atoms with Crippen LogP contribution in [-0.2, 0) is 13.0 Å². The fraction of sp³-hybridized carbons (Fsp3) is 0.182. The molecule has 7 heteroatoms. The Balaban J connectivity index is 2.24. The number of rotatable bonds is 3. The van der Waals surface area contributed by atoms with E-state index in [1.165, 1.54) is 0 Å². The number of nitrogens with one attached hydrogen (secondary N) is 2. The van der Waals surface area contributed by atoms with Gasteiger partial charge in [-0.25, -0.2) is 9.48 Å². The number of halogens is 1. The maximum Gasteiger partial charge on any atom is 0.343 e. The molecular weight excluding hydrogens is 258 g/mol. The Morgan fingerprint density at radius 1 is 1.11 bits per heavy atom. The van der Waals surface area contributed by atoms with Gasteiger partial charge in [-0.3, -0.25) is 19.7 Å². The molecule has 0 amide bonds. The van der Waals surface area contributed by atoms with Crippen molar-refractivity contribution in [1.29, 1.82) is 0 Å². The molecule has 0 saturated carbocycles. The predicted octanol–water partition coefficient (Wildman–Crippen LogP) is 0.121. The van der Waals surface area contributed by atoms with Gasteiger partial charge in [0.05, 0.1) is 0 Å². The summed E-state index contributed by atoms with van der Waals surface area (Å²) in [5.41, 5.74) is -1.59. The van der Waals surface area contributed by atoms with Crippen LogP contribution in [0.25, 0.3) is 0 Å². The second kappa shape index (κ2) is 5.05. The van der Waals surface area contributed by atoms with Crippen LogP contribution in [0.4, 0.5) is 0 Å². The maximum absolute atomic E-state index is 11.4. The lowest BCUT2D eigenvalue weighted by Crippen LogP contribution is -2.43. The normalized spacial score (nSPS) is 10.5. The van der Waals surface area contributed by atoms with Gasteiger partial charge in [0.2, 0.25) is 0 Å². The SMILES string of the molecule is O=c1[nH]c(=O)n(CCc2ccccc2Cl)[nH]c1=O. The number of nitrogens with zero attached hydrogens (tertiary/aromatic N) is 1. The van der Waals surface area contributed by atoms with Crippen molar-refractivity contribution in [2.45, 2.75) is 13.0 Å². The van der Waals surface area contributed by atoms with Crippen LogP contribution in [0.1, 0.15) is 5.56 Å². The standard InChI is InChI=1S/C11H10ClN3O3/c12-8-4-2-1-3-7(8)5-6-15-11(18)13-9(16)10(17)14-15/h1-4H,5-6H2,(H,14,17)(H,13,16,18). The summed E-state index contributed by atoms with van der Waals surface area (Å²) in [6, 6.07) is 7.21. The Kier molecular flexibility index (Phi) is 3.47. The van der Waals surface area contributed by atoms with Gasteiger partial charge >= 0.3 is 16.8 Å². The molecule has 0 aliphatic heterocycles. The van der Waals surface area contributed by atoms with Crippen molar-refractivity contribution >= 4 is 11.6 Å². The zero-order valence-corrected chi connectivity index (χ0v) is 10.0. The Morgan fingerprint density at radius 2 is 1.83 bits per heavy atom. The van der Waals surface area contributed by atoms with E-state index in [1.54, 1.807) is 12.1 Å². The molecular formula is C11H10ClN3O3. The molecule has 2 rings (SSSR count). The van der Waals surface area contributed by atoms with E-state index < -0.39 is 16.8 Å². The van der Waals surface area contributed by atoms with Crippen LogP contribution < -0.4 is 16.8 Å². The number of aromatic amines is 2. The van der Waals surface area contributed by atoms with Gasteiger partial charge in [-0.1, -0.05) is 29.8 Å². The molecule has 6 nitrogen and oxygen atoms in total. The van der Waals surface area contributed by atoms with Crippen LogP contribution in [0.15, 0.2) is 38.6 Å². The predicted molar refractivity (Wildman–Crippen MR) is 67.1 cm³/mol. The zero-order chi connectivity index (χ0) is 13.1. The Morgan fingerprint density at radius 3 is 2.56 bits per heavy atom. The minimum atomic E-state index is -0.950. The molecule has 2 aromatic rings. The Hall–Kier alpha value is -2.08. The van der Waals surface area contributed by atoms with Crippen molar-refractivity contribution in [2.75, 3.05) is 0 Å². The van der Waals surface area contributed by atoms with E-state index in [1.807, 2.05) is 17.1 Å². The molecule has 1 heterocycles. The van der Waals surface area contributed by atoms with Crippen molar-refractivity contribution < 1.29 is 0 Å². The van der Waals surface area contributed by atoms with Gasteiger partial charge in [0.15, 0.2) is 0 Å². The molecule has 0 atom stereocenters. The molecule has 0 fully saturated rings. The minimum Gasteiger partial charge on any atom is -0.268 e. The van der Waals surface area contributed by atoms with Gasteiger partial charge < -0.3 is 0 Å². The molecule has 0 spiro atoms. The van der Waals surface area contributed by atoms with Crippen LogP contribution in [-0.4, -0.2) is 14.8 Å². The highest BCUT2D eigenvalue weighted by molar-refractivity contribution is 6.31. The smallest absolute Gasteiger partial charge is 0.268 e. The highest BCUT2D eigenvalue weighted by Gasteiger charge is 2.03. The van der Waals surface area contributed by atoms with E-state index in [-0.39, 0.29) is 6.54 Å². The first-order chi connectivity index (χ1) is 8.58. The number of aryl methyl sites for hydroxylation is 2. The molecule has 1 aromatic heterocycles. The monoisotopic (exact) mass is 267 g/mol. The third-order valence-electron chi connectivity index (χ3n) is 2.47. The van der Waals surface area contributed by atoms with Crippen molar-refractivity contribution in [1.82, 2.24) is 14.8 Å². The molecule has 0 radical (unpaired) electrons. The highest BCUT2D eigenvalue weighted by atomic mass is 35.5. The summed E-state index contributed by atoms with van der Waals surface area (Å²) >= 11 is 5.97. The lowest BCUT2D eigenvalue weighted by atomic mass is 10.1. The third kappa shape index (κ3) is 2.60. The average Bonchev–Trinajstić information content (AvgIpc) is 2.34. The molecule has 1 aromatic carbocycles. The molecule has 94 valence electrons. The van der Waals surface area contributed by atoms with Gasteiger partial charge in [0, 0.05) is 11.6 Å². The first-order valence-corrected chi connectivity index (χ1v) is 5.62. The first-order valence-electron chi connectivity index (χ1n) is 5.25. The fourth-order valence-electron chi connectivity index (χ4n) is 1.54. The van der Waals surface area contributed by atoms with Gasteiger partial charge in [0.25, 0.3) is 0 Å². The lowest BCUT2D eigenvalue weighted by molar-refractivity contribution is 0.545. The van der Waals surface area contributed by atoms with E-state index in [9.17, 15) is 14.4 Å². The van der Waals surface area contributed by atoms with Crippen molar-refractivity contribution in [2.24, 2.45) is 0 Å². The largest absolute Gasteiger partial charge is 0.343 e. The van der Waals surface area contributed by atoms with Gasteiger partial charge in [-0.05, 0) is 18.1 Å². The van der Waals surface area contributed by atoms with Gasteiger partial charge in [-0.15, -0.1) is 0 Å². The van der Waals surface area contributed by atoms with E-state index >= 15 is 0 Å². The number of H-pyrrole nitrogens is 2. The van der Waals surface area contributed by atoms with E-state index in [4.69, 9.17) is 11.6 Å². The van der Waals surface area contributed by atoms with E-state index in [0.29, 0.717) is 11.4 Å². The first kappa shape index (κ1) is 12.4. The summed E-state index contributed by atoms with van der Waals surface area (Å²) in [5.74, 6) is 0. The van der Waals surface area contributed by atoms with Gasteiger partial charge in [-0.2, -0.15) is 0 Å². The summed E-state index contributed by atoms with van der Waals surface area (Å²) in [6.07, 6.45) is 0.474. The summed E-state index contributed by atoms with van der Waals surface area (Å²) < 4.78 is 1.05. The van der Waals surface area contributed by atoms with Crippen LogP contribution in [0.5, 0.6) is 0 Å². The number of hydrogen-bond acceptors (Lipinski definition) is 3. The summed E-state index contributed by atoms with van der Waals surface area (Å²) in [4.78, 5) is 35.3. The van der Waals surface area contributed by atoms with E-state index in [0.717, 1.165) is 10.2 Å². The quantitative estimate of drug-likeness (QED) is 0.775. The molecule has 0 aliphatic rings. The molecule has 0 unspecified atom stereocenters. The number of benzene rings is 1. The third-order valence-corrected chi connectivity index (χ3v) is 2.84. The van der Waals surface area contributed by atoms with Crippen LogP contribution in [0.2, 0.25) is 5.02 Å². The second-order valence-corrected chi connectivity index (χ2v) is 4.10. The Labute approximate surface area is 106 Å². The van der Waals surface area contributed by atoms with Gasteiger partial charge in [0.1, 0.15) is 0 Å². The van der Waals surface area contributed by atoms with Crippen molar-refractivity contribution in [3.8, 4) is 0 Å². The molecule has 0 saturated heterocycles. The Bertz CT molecular complexity index is 729. The van der Waals surface area contributed by atoms with Crippen LogP contribution in [0.3, 0.4) is 0 Å². The van der Waals surface area contributed by atoms with Crippen LogP contribution >= 0.6 is 11.6 Å². The van der Waals surface area contributed by atoms with Crippen molar-refractivity contribution in [3.63, 3.8) is 0 Å². The average molecular weight is 268 g/mol. The molecule has 2 N–H and O–H groups in total. The van der Waals surface area contributed by atoms with Crippen molar-refractivity contribution in [3.05, 3.63) is 66.0 Å². The molecule has 0 aliphatic carbocycles. The number of hydrogen-bond donors (Lipinski definition) is 2. The summed E-state index contributed by atoms with van der Waals surface area (Å²) in [5, 5.41) is 2.79.